The lowest BCUT2D eigenvalue weighted by Gasteiger charge is -2.19. The summed E-state index contributed by atoms with van der Waals surface area (Å²) in [4.78, 5) is 16.3. The van der Waals surface area contributed by atoms with Crippen LogP contribution in [0.2, 0.25) is 0 Å². The molecule has 0 aliphatic rings. The maximum absolute atomic E-state index is 5.70. The quantitative estimate of drug-likeness (QED) is 0.809. The molecule has 0 aliphatic carbocycles. The summed E-state index contributed by atoms with van der Waals surface area (Å²) in [7, 11) is 0. The Hall–Kier alpha value is -1.89. The third kappa shape index (κ3) is 4.29. The van der Waals surface area contributed by atoms with Crippen LogP contribution in [0.4, 0.5) is 11.9 Å². The third-order valence-corrected chi connectivity index (χ3v) is 3.76. The Morgan fingerprint density at radius 1 is 1.19 bits per heavy atom. The second-order valence-electron chi connectivity index (χ2n) is 4.31. The number of rotatable bonds is 8. The van der Waals surface area contributed by atoms with Gasteiger partial charge in [-0.05, 0) is 32.2 Å². The van der Waals surface area contributed by atoms with E-state index in [9.17, 15) is 0 Å². The highest BCUT2D eigenvalue weighted by atomic mass is 32.1. The molecule has 114 valence electrons. The van der Waals surface area contributed by atoms with Crippen LogP contribution in [0.5, 0.6) is 6.01 Å². The zero-order valence-corrected chi connectivity index (χ0v) is 13.5. The Kier molecular flexibility index (Phi) is 5.74. The number of ether oxygens (including phenoxy) is 1. The van der Waals surface area contributed by atoms with E-state index in [1.54, 1.807) is 11.3 Å². The molecule has 1 N–H and O–H groups in total. The van der Waals surface area contributed by atoms with Crippen molar-refractivity contribution >= 4 is 23.2 Å². The van der Waals surface area contributed by atoms with E-state index >= 15 is 0 Å². The van der Waals surface area contributed by atoms with Gasteiger partial charge in [0.1, 0.15) is 6.61 Å². The molecule has 0 aromatic carbocycles. The molecule has 0 saturated carbocycles. The van der Waals surface area contributed by atoms with Crippen molar-refractivity contribution in [1.29, 1.82) is 0 Å². The van der Waals surface area contributed by atoms with Gasteiger partial charge in [0.05, 0.1) is 0 Å². The molecule has 2 heterocycles. The lowest BCUT2D eigenvalue weighted by Crippen LogP contribution is -2.25. The first-order chi connectivity index (χ1) is 10.3. The first kappa shape index (κ1) is 15.5. The summed E-state index contributed by atoms with van der Waals surface area (Å²) in [5, 5.41) is 5.14. The van der Waals surface area contributed by atoms with Crippen molar-refractivity contribution in [1.82, 2.24) is 15.0 Å². The van der Waals surface area contributed by atoms with E-state index in [1.165, 1.54) is 0 Å². The van der Waals surface area contributed by atoms with Crippen LogP contribution in [0.15, 0.2) is 17.5 Å². The van der Waals surface area contributed by atoms with Crippen molar-refractivity contribution in [2.24, 2.45) is 0 Å². The number of thiophene rings is 1. The van der Waals surface area contributed by atoms with E-state index in [4.69, 9.17) is 4.74 Å². The molecule has 21 heavy (non-hydrogen) atoms. The smallest absolute Gasteiger partial charge is 0.323 e. The minimum atomic E-state index is 0.358. The van der Waals surface area contributed by atoms with Crippen LogP contribution in [-0.4, -0.2) is 34.6 Å². The summed E-state index contributed by atoms with van der Waals surface area (Å²) < 4.78 is 5.70. The minimum Gasteiger partial charge on any atom is -0.458 e. The van der Waals surface area contributed by atoms with Crippen LogP contribution < -0.4 is 15.0 Å². The normalized spacial score (nSPS) is 10.4. The molecule has 0 amide bonds. The maximum atomic E-state index is 5.70. The Morgan fingerprint density at radius 2 is 2.00 bits per heavy atom. The number of hydrogen-bond acceptors (Lipinski definition) is 7. The first-order valence-electron chi connectivity index (χ1n) is 7.16. The van der Waals surface area contributed by atoms with Gasteiger partial charge in [-0.3, -0.25) is 0 Å². The molecule has 2 aromatic rings. The predicted octanol–water partition coefficient (Wildman–Crippen LogP) is 2.79. The van der Waals surface area contributed by atoms with E-state index in [1.807, 2.05) is 24.4 Å². The summed E-state index contributed by atoms with van der Waals surface area (Å²) in [6.45, 7) is 9.08. The van der Waals surface area contributed by atoms with Gasteiger partial charge in [-0.15, -0.1) is 11.3 Å². The molecule has 0 aliphatic heterocycles. The van der Waals surface area contributed by atoms with Gasteiger partial charge in [0, 0.05) is 24.5 Å². The predicted molar refractivity (Wildman–Crippen MR) is 86.2 cm³/mol. The molecule has 0 unspecified atom stereocenters. The maximum Gasteiger partial charge on any atom is 0.323 e. The number of hydrogen-bond donors (Lipinski definition) is 1. The van der Waals surface area contributed by atoms with E-state index in [-0.39, 0.29) is 0 Å². The second-order valence-corrected chi connectivity index (χ2v) is 5.34. The fourth-order valence-electron chi connectivity index (χ4n) is 1.83. The molecule has 0 saturated heterocycles. The van der Waals surface area contributed by atoms with E-state index in [0.717, 1.165) is 24.5 Å². The van der Waals surface area contributed by atoms with Gasteiger partial charge < -0.3 is 15.0 Å². The molecular weight excluding hydrogens is 286 g/mol. The highest BCUT2D eigenvalue weighted by Gasteiger charge is 2.12. The van der Waals surface area contributed by atoms with Crippen molar-refractivity contribution < 1.29 is 4.74 Å². The van der Waals surface area contributed by atoms with Crippen LogP contribution in [0.1, 0.15) is 25.6 Å². The van der Waals surface area contributed by atoms with Gasteiger partial charge in [0.15, 0.2) is 0 Å². The molecule has 0 spiro atoms. The minimum absolute atomic E-state index is 0.358. The van der Waals surface area contributed by atoms with Crippen molar-refractivity contribution in [3.8, 4) is 6.01 Å². The zero-order chi connectivity index (χ0) is 15.1. The Bertz CT molecular complexity index is 542. The molecule has 2 aromatic heterocycles. The Morgan fingerprint density at radius 3 is 2.62 bits per heavy atom. The summed E-state index contributed by atoms with van der Waals surface area (Å²) in [5.74, 6) is 1.20. The molecule has 0 bridgehead atoms. The highest BCUT2D eigenvalue weighted by molar-refractivity contribution is 7.09. The van der Waals surface area contributed by atoms with Gasteiger partial charge in [-0.25, -0.2) is 0 Å². The van der Waals surface area contributed by atoms with Crippen LogP contribution in [0.3, 0.4) is 0 Å². The van der Waals surface area contributed by atoms with Crippen LogP contribution in [0, 0.1) is 0 Å². The molecule has 0 radical (unpaired) electrons. The number of nitrogens with zero attached hydrogens (tertiary/aromatic N) is 4. The number of aromatic nitrogens is 3. The average molecular weight is 307 g/mol. The van der Waals surface area contributed by atoms with Crippen molar-refractivity contribution in [3.63, 3.8) is 0 Å². The van der Waals surface area contributed by atoms with Crippen molar-refractivity contribution in [2.45, 2.75) is 27.4 Å². The molecule has 2 rings (SSSR count). The van der Waals surface area contributed by atoms with E-state index < -0.39 is 0 Å². The molecule has 0 atom stereocenters. The summed E-state index contributed by atoms with van der Waals surface area (Å²) >= 11 is 1.65. The SMILES string of the molecule is CCNc1nc(OCc2cccs2)nc(N(CC)CC)n1. The van der Waals surface area contributed by atoms with Gasteiger partial charge in [0.25, 0.3) is 0 Å². The zero-order valence-electron chi connectivity index (χ0n) is 12.7. The van der Waals surface area contributed by atoms with Crippen LogP contribution in [-0.2, 0) is 6.61 Å². The molecule has 7 heteroatoms. The monoisotopic (exact) mass is 307 g/mol. The van der Waals surface area contributed by atoms with E-state index in [2.05, 4.69) is 39.0 Å². The van der Waals surface area contributed by atoms with Gasteiger partial charge in [-0.2, -0.15) is 15.0 Å². The molecule has 6 nitrogen and oxygen atoms in total. The van der Waals surface area contributed by atoms with E-state index in [0.29, 0.717) is 24.5 Å². The van der Waals surface area contributed by atoms with Crippen LogP contribution >= 0.6 is 11.3 Å². The van der Waals surface area contributed by atoms with Gasteiger partial charge in [-0.1, -0.05) is 6.07 Å². The van der Waals surface area contributed by atoms with Crippen molar-refractivity contribution in [2.75, 3.05) is 29.9 Å². The fourth-order valence-corrected chi connectivity index (χ4v) is 2.44. The molecular formula is C14H21N5OS. The standard InChI is InChI=1S/C14H21N5OS/c1-4-15-12-16-13(19(5-2)6-3)18-14(17-12)20-10-11-8-7-9-21-11/h7-9H,4-6,10H2,1-3H3,(H,15,16,17,18). The second kappa shape index (κ2) is 7.78. The topological polar surface area (TPSA) is 63.2 Å². The highest BCUT2D eigenvalue weighted by Crippen LogP contribution is 2.17. The lowest BCUT2D eigenvalue weighted by molar-refractivity contribution is 0.283. The Balaban J connectivity index is 2.18. The summed E-state index contributed by atoms with van der Waals surface area (Å²) in [5.41, 5.74) is 0. The van der Waals surface area contributed by atoms with Gasteiger partial charge in [0.2, 0.25) is 11.9 Å². The average Bonchev–Trinajstić information content (AvgIpc) is 3.00. The Labute approximate surface area is 129 Å². The summed E-state index contributed by atoms with van der Waals surface area (Å²) in [6.07, 6.45) is 0. The first-order valence-corrected chi connectivity index (χ1v) is 8.04. The number of nitrogens with one attached hydrogen (secondary N) is 1. The van der Waals surface area contributed by atoms with Crippen LogP contribution in [0.25, 0.3) is 0 Å². The number of anilines is 2. The largest absolute Gasteiger partial charge is 0.458 e. The fraction of sp³-hybridized carbons (Fsp3) is 0.500. The molecule has 0 fully saturated rings. The van der Waals surface area contributed by atoms with Gasteiger partial charge >= 0.3 is 6.01 Å². The van der Waals surface area contributed by atoms with Crippen molar-refractivity contribution in [3.05, 3.63) is 22.4 Å². The third-order valence-electron chi connectivity index (χ3n) is 2.91. The lowest BCUT2D eigenvalue weighted by atomic mass is 10.5. The summed E-state index contributed by atoms with van der Waals surface area (Å²) in [6, 6.07) is 4.39.